The van der Waals surface area contributed by atoms with Crippen LogP contribution in [0.5, 0.6) is 0 Å². The fourth-order valence-corrected chi connectivity index (χ4v) is 3.67. The Labute approximate surface area is 147 Å². The maximum absolute atomic E-state index is 12.4. The summed E-state index contributed by atoms with van der Waals surface area (Å²) >= 11 is 0. The third-order valence-electron chi connectivity index (χ3n) is 4.99. The number of benzene rings is 1. The second-order valence-corrected chi connectivity index (χ2v) is 6.80. The van der Waals surface area contributed by atoms with E-state index in [4.69, 9.17) is 4.74 Å². The van der Waals surface area contributed by atoms with Crippen LogP contribution in [0.1, 0.15) is 43.0 Å². The Hall–Kier alpha value is -2.56. The first-order valence-electron chi connectivity index (χ1n) is 8.52. The van der Waals surface area contributed by atoms with Crippen molar-refractivity contribution in [3.63, 3.8) is 0 Å². The molecule has 1 aliphatic rings. The molecule has 1 aromatic heterocycles. The molecular weight excluding hydrogens is 316 g/mol. The van der Waals surface area contributed by atoms with Crippen molar-refractivity contribution >= 4 is 22.7 Å². The number of esters is 1. The van der Waals surface area contributed by atoms with Crippen LogP contribution in [0, 0.1) is 6.92 Å². The molecule has 0 bridgehead atoms. The van der Waals surface area contributed by atoms with Crippen LogP contribution in [-0.2, 0) is 20.7 Å². The largest absolute Gasteiger partial charge is 0.467 e. The highest BCUT2D eigenvalue weighted by atomic mass is 16.5. The number of carbonyl (C=O) groups excluding carboxylic acids is 2. The molecule has 1 aromatic carbocycles. The van der Waals surface area contributed by atoms with Crippen molar-refractivity contribution in [2.45, 2.75) is 45.6 Å². The Morgan fingerprint density at radius 3 is 2.64 bits per heavy atom. The van der Waals surface area contributed by atoms with Crippen LogP contribution < -0.4 is 5.32 Å². The number of carbonyl (C=O) groups is 2. The van der Waals surface area contributed by atoms with Crippen LogP contribution in [0.15, 0.2) is 30.0 Å². The number of rotatable bonds is 2. The summed E-state index contributed by atoms with van der Waals surface area (Å²) in [6, 6.07) is 5.57. The van der Waals surface area contributed by atoms with Crippen LogP contribution in [0.2, 0.25) is 0 Å². The molecule has 132 valence electrons. The summed E-state index contributed by atoms with van der Waals surface area (Å²) in [4.78, 5) is 27.9. The molecule has 2 N–H and O–H groups in total. The smallest absolute Gasteiger partial charge is 0.328 e. The van der Waals surface area contributed by atoms with E-state index >= 15 is 0 Å². The van der Waals surface area contributed by atoms with Gasteiger partial charge in [-0.25, -0.2) is 4.79 Å². The number of aryl methyl sites for hydroxylation is 1. The summed E-state index contributed by atoms with van der Waals surface area (Å²) in [5.41, 5.74) is 5.14. The summed E-state index contributed by atoms with van der Waals surface area (Å²) in [5.74, 6) is -0.334. The van der Waals surface area contributed by atoms with Crippen molar-refractivity contribution in [2.75, 3.05) is 7.11 Å². The number of nitrogens with one attached hydrogen (secondary N) is 2. The van der Waals surface area contributed by atoms with Crippen molar-refractivity contribution in [1.82, 2.24) is 10.3 Å². The van der Waals surface area contributed by atoms with E-state index in [1.165, 1.54) is 7.11 Å². The number of Topliss-reactive ketones (excluding diaryl/α,β-unsaturated/α-hetero) is 1. The third kappa shape index (κ3) is 3.18. The van der Waals surface area contributed by atoms with Gasteiger partial charge in [0.2, 0.25) is 0 Å². The van der Waals surface area contributed by atoms with Gasteiger partial charge in [-0.3, -0.25) is 4.79 Å². The van der Waals surface area contributed by atoms with E-state index in [1.807, 2.05) is 38.2 Å². The molecule has 2 atom stereocenters. The first kappa shape index (κ1) is 17.3. The number of hydrogen-bond acceptors (Lipinski definition) is 4. The lowest BCUT2D eigenvalue weighted by Crippen LogP contribution is -2.37. The summed E-state index contributed by atoms with van der Waals surface area (Å²) in [7, 11) is 1.40. The van der Waals surface area contributed by atoms with Gasteiger partial charge in [0.05, 0.1) is 7.11 Å². The lowest BCUT2D eigenvalue weighted by Gasteiger charge is -2.22. The Bertz CT molecular complexity index is 863. The van der Waals surface area contributed by atoms with Gasteiger partial charge in [-0.05, 0) is 50.6 Å². The lowest BCUT2D eigenvalue weighted by molar-refractivity contribution is -0.142. The molecule has 3 rings (SSSR count). The van der Waals surface area contributed by atoms with E-state index in [1.54, 1.807) is 6.92 Å². The van der Waals surface area contributed by atoms with Gasteiger partial charge < -0.3 is 15.0 Å². The Balaban J connectivity index is 2.24. The molecular formula is C20H24N2O3. The quantitative estimate of drug-likeness (QED) is 0.824. The molecule has 5 nitrogen and oxygen atoms in total. The SMILES string of the molecule is COC(=O)C1Cc2c(C)[nH]c3cccc(c23)C(C(C)=O)C/C(C)=C\N1. The number of hydrogen-bond donors (Lipinski definition) is 2. The molecule has 0 fully saturated rings. The lowest BCUT2D eigenvalue weighted by atomic mass is 9.85. The molecule has 0 radical (unpaired) electrons. The van der Waals surface area contributed by atoms with Gasteiger partial charge in [0, 0.05) is 28.9 Å². The summed E-state index contributed by atoms with van der Waals surface area (Å²) in [6.07, 6.45) is 2.97. The average molecular weight is 340 g/mol. The second kappa shape index (κ2) is 6.75. The number of H-pyrrole nitrogens is 1. The zero-order valence-corrected chi connectivity index (χ0v) is 15.1. The van der Waals surface area contributed by atoms with E-state index in [2.05, 4.69) is 10.3 Å². The van der Waals surface area contributed by atoms with E-state index in [0.29, 0.717) is 12.8 Å². The van der Waals surface area contributed by atoms with Gasteiger partial charge in [-0.15, -0.1) is 0 Å². The molecule has 0 aliphatic carbocycles. The van der Waals surface area contributed by atoms with Gasteiger partial charge in [0.25, 0.3) is 0 Å². The minimum Gasteiger partial charge on any atom is -0.467 e. The summed E-state index contributed by atoms with van der Waals surface area (Å²) in [6.45, 7) is 5.62. The molecule has 0 amide bonds. The maximum atomic E-state index is 12.4. The third-order valence-corrected chi connectivity index (χ3v) is 4.99. The van der Waals surface area contributed by atoms with E-state index in [9.17, 15) is 9.59 Å². The topological polar surface area (TPSA) is 71.2 Å². The first-order valence-corrected chi connectivity index (χ1v) is 8.52. The van der Waals surface area contributed by atoms with Crippen molar-refractivity contribution in [3.05, 3.63) is 46.8 Å². The first-order chi connectivity index (χ1) is 11.9. The monoisotopic (exact) mass is 340 g/mol. The molecule has 5 heteroatoms. The molecule has 2 unspecified atom stereocenters. The zero-order valence-electron chi connectivity index (χ0n) is 15.1. The molecule has 0 spiro atoms. The highest BCUT2D eigenvalue weighted by Gasteiger charge is 2.27. The van der Waals surface area contributed by atoms with E-state index in [0.717, 1.165) is 33.3 Å². The highest BCUT2D eigenvalue weighted by molar-refractivity contribution is 5.95. The van der Waals surface area contributed by atoms with Gasteiger partial charge >= 0.3 is 5.97 Å². The van der Waals surface area contributed by atoms with Gasteiger partial charge in [-0.1, -0.05) is 17.7 Å². The van der Waals surface area contributed by atoms with Crippen LogP contribution in [0.25, 0.3) is 10.9 Å². The van der Waals surface area contributed by atoms with Crippen LogP contribution >= 0.6 is 0 Å². The number of aromatic nitrogens is 1. The Morgan fingerprint density at radius 2 is 1.96 bits per heavy atom. The predicted molar refractivity (Wildman–Crippen MR) is 97.5 cm³/mol. The van der Waals surface area contributed by atoms with Gasteiger partial charge in [0.15, 0.2) is 0 Å². The minimum atomic E-state index is -0.459. The normalized spacial score (nSPS) is 22.6. The van der Waals surface area contributed by atoms with Crippen LogP contribution in [0.3, 0.4) is 0 Å². The minimum absolute atomic E-state index is 0.148. The summed E-state index contributed by atoms with van der Waals surface area (Å²) < 4.78 is 4.96. The number of ether oxygens (including phenoxy) is 1. The molecule has 0 saturated heterocycles. The van der Waals surface area contributed by atoms with Gasteiger partial charge in [-0.2, -0.15) is 0 Å². The molecule has 25 heavy (non-hydrogen) atoms. The number of ketones is 1. The fraction of sp³-hybridized carbons (Fsp3) is 0.400. The number of aromatic amines is 1. The number of allylic oxidation sites excluding steroid dienone is 1. The van der Waals surface area contributed by atoms with Crippen molar-refractivity contribution in [2.24, 2.45) is 0 Å². The molecule has 0 saturated carbocycles. The van der Waals surface area contributed by atoms with E-state index in [-0.39, 0.29) is 17.7 Å². The Morgan fingerprint density at radius 1 is 1.20 bits per heavy atom. The number of methoxy groups -OCH3 is 1. The molecule has 2 heterocycles. The maximum Gasteiger partial charge on any atom is 0.328 e. The average Bonchev–Trinajstić information content (AvgIpc) is 2.90. The highest BCUT2D eigenvalue weighted by Crippen LogP contribution is 2.35. The molecule has 2 aromatic rings. The molecule has 1 aliphatic heterocycles. The van der Waals surface area contributed by atoms with Crippen molar-refractivity contribution < 1.29 is 14.3 Å². The predicted octanol–water partition coefficient (Wildman–Crippen LogP) is 3.13. The van der Waals surface area contributed by atoms with Crippen molar-refractivity contribution in [3.8, 4) is 0 Å². The fourth-order valence-electron chi connectivity index (χ4n) is 3.67. The van der Waals surface area contributed by atoms with Crippen LogP contribution in [0.4, 0.5) is 0 Å². The van der Waals surface area contributed by atoms with Gasteiger partial charge in [0.1, 0.15) is 11.8 Å². The van der Waals surface area contributed by atoms with Crippen LogP contribution in [-0.4, -0.2) is 29.9 Å². The zero-order chi connectivity index (χ0) is 18.1. The van der Waals surface area contributed by atoms with Crippen molar-refractivity contribution in [1.29, 1.82) is 0 Å². The second-order valence-electron chi connectivity index (χ2n) is 6.80. The summed E-state index contributed by atoms with van der Waals surface area (Å²) in [5, 5.41) is 4.24. The van der Waals surface area contributed by atoms with E-state index < -0.39 is 6.04 Å². The Kier molecular flexibility index (Phi) is 4.66. The standard InChI is InChI=1S/C20H24N2O3/c1-11-8-16(13(3)23)14-6-5-7-17-19(14)15(12(2)22-17)9-18(21-10-11)20(24)25-4/h5-7,10,16,18,21-22H,8-9H2,1-4H3/b11-10-.